The van der Waals surface area contributed by atoms with Gasteiger partial charge in [-0.05, 0) is 38.3 Å². The van der Waals surface area contributed by atoms with Crippen molar-refractivity contribution >= 4 is 0 Å². The Balaban J connectivity index is 2.22. The average molecular weight is 251 g/mol. The number of aryl methyl sites for hydroxylation is 1. The number of hydrogen-bond acceptors (Lipinski definition) is 3. The summed E-state index contributed by atoms with van der Waals surface area (Å²) < 4.78 is 3.02. The van der Waals surface area contributed by atoms with Gasteiger partial charge >= 0.3 is 5.69 Å². The molecule has 5 nitrogen and oxygen atoms in total. The summed E-state index contributed by atoms with van der Waals surface area (Å²) in [5.41, 5.74) is -0.339. The van der Waals surface area contributed by atoms with Gasteiger partial charge in [0.2, 0.25) is 0 Å². The van der Waals surface area contributed by atoms with E-state index < -0.39 is 0 Å². The number of nitrogens with one attached hydrogen (secondary N) is 1. The van der Waals surface area contributed by atoms with Gasteiger partial charge in [-0.1, -0.05) is 6.92 Å². The molecule has 1 N–H and O–H groups in total. The number of aromatic nitrogens is 2. The van der Waals surface area contributed by atoms with Crippen LogP contribution in [0.4, 0.5) is 0 Å². The topological polar surface area (TPSA) is 56.0 Å². The largest absolute Gasteiger partial charge is 0.330 e. The Morgan fingerprint density at radius 1 is 1.33 bits per heavy atom. The highest BCUT2D eigenvalue weighted by Crippen LogP contribution is 2.12. The fourth-order valence-corrected chi connectivity index (χ4v) is 2.46. The highest BCUT2D eigenvalue weighted by atomic mass is 16.2. The van der Waals surface area contributed by atoms with E-state index >= 15 is 0 Å². The normalized spacial score (nSPS) is 16.9. The van der Waals surface area contributed by atoms with Crippen LogP contribution in [-0.2, 0) is 13.1 Å². The molecule has 0 saturated carbocycles. The van der Waals surface area contributed by atoms with Crippen molar-refractivity contribution in [2.75, 3.05) is 13.1 Å². The van der Waals surface area contributed by atoms with Crippen molar-refractivity contribution < 1.29 is 0 Å². The minimum Gasteiger partial charge on any atom is -0.317 e. The van der Waals surface area contributed by atoms with Crippen molar-refractivity contribution in [3.05, 3.63) is 33.1 Å². The Bertz CT molecular complexity index is 498. The first-order valence-electron chi connectivity index (χ1n) is 6.73. The van der Waals surface area contributed by atoms with Gasteiger partial charge in [0.15, 0.2) is 0 Å². The molecule has 5 heteroatoms. The third kappa shape index (κ3) is 2.90. The molecule has 0 radical (unpaired) electrons. The van der Waals surface area contributed by atoms with Gasteiger partial charge in [-0.25, -0.2) is 4.79 Å². The predicted molar refractivity (Wildman–Crippen MR) is 70.8 cm³/mol. The Kier molecular flexibility index (Phi) is 4.36. The highest BCUT2D eigenvalue weighted by molar-refractivity contribution is 4.87. The van der Waals surface area contributed by atoms with Crippen LogP contribution >= 0.6 is 0 Å². The van der Waals surface area contributed by atoms with E-state index in [4.69, 9.17) is 0 Å². The molecule has 2 rings (SSSR count). The van der Waals surface area contributed by atoms with Crippen molar-refractivity contribution in [1.29, 1.82) is 0 Å². The molecule has 1 aliphatic heterocycles. The zero-order chi connectivity index (χ0) is 13.0. The van der Waals surface area contributed by atoms with E-state index in [-0.39, 0.29) is 11.2 Å². The second-order valence-electron chi connectivity index (χ2n) is 4.93. The molecule has 1 aromatic rings. The molecule has 18 heavy (non-hydrogen) atoms. The molecule has 0 unspecified atom stereocenters. The van der Waals surface area contributed by atoms with Crippen LogP contribution in [0.5, 0.6) is 0 Å². The lowest BCUT2D eigenvalue weighted by Gasteiger charge is -2.23. The molecule has 1 aromatic heterocycles. The molecular formula is C13H21N3O2. The molecule has 1 fully saturated rings. The van der Waals surface area contributed by atoms with E-state index in [2.05, 4.69) is 5.32 Å². The maximum Gasteiger partial charge on any atom is 0.330 e. The molecule has 0 aliphatic carbocycles. The van der Waals surface area contributed by atoms with Crippen LogP contribution in [-0.4, -0.2) is 22.2 Å². The average Bonchev–Trinajstić information content (AvgIpc) is 2.39. The Hall–Kier alpha value is -1.36. The summed E-state index contributed by atoms with van der Waals surface area (Å²) in [5, 5.41) is 3.29. The molecule has 0 amide bonds. The van der Waals surface area contributed by atoms with Crippen LogP contribution in [0.15, 0.2) is 21.9 Å². The van der Waals surface area contributed by atoms with Crippen molar-refractivity contribution in [3.8, 4) is 0 Å². The Morgan fingerprint density at radius 3 is 2.72 bits per heavy atom. The van der Waals surface area contributed by atoms with Crippen molar-refractivity contribution in [2.24, 2.45) is 5.92 Å². The molecule has 100 valence electrons. The lowest BCUT2D eigenvalue weighted by Crippen LogP contribution is -2.42. The van der Waals surface area contributed by atoms with Gasteiger partial charge in [0.1, 0.15) is 0 Å². The van der Waals surface area contributed by atoms with Gasteiger partial charge in [-0.15, -0.1) is 0 Å². The van der Waals surface area contributed by atoms with Gasteiger partial charge < -0.3 is 9.88 Å². The highest BCUT2D eigenvalue weighted by Gasteiger charge is 2.16. The van der Waals surface area contributed by atoms with E-state index in [1.54, 1.807) is 10.8 Å². The number of rotatable bonds is 4. The first kappa shape index (κ1) is 13.1. The Morgan fingerprint density at radius 2 is 2.06 bits per heavy atom. The summed E-state index contributed by atoms with van der Waals surface area (Å²) in [4.78, 5) is 24.0. The maximum absolute atomic E-state index is 12.2. The van der Waals surface area contributed by atoms with E-state index in [9.17, 15) is 9.59 Å². The third-order valence-corrected chi connectivity index (χ3v) is 3.50. The number of piperidine rings is 1. The zero-order valence-electron chi connectivity index (χ0n) is 10.9. The molecule has 0 aromatic carbocycles. The first-order valence-corrected chi connectivity index (χ1v) is 6.73. The molecule has 1 aliphatic rings. The SMILES string of the molecule is CCCn1ccc(=O)n(CC2CCNCC2)c1=O. The maximum atomic E-state index is 12.2. The summed E-state index contributed by atoms with van der Waals surface area (Å²) >= 11 is 0. The van der Waals surface area contributed by atoms with Gasteiger partial charge in [0.25, 0.3) is 5.56 Å². The summed E-state index contributed by atoms with van der Waals surface area (Å²) in [7, 11) is 0. The molecule has 1 saturated heterocycles. The van der Waals surface area contributed by atoms with Crippen molar-refractivity contribution in [2.45, 2.75) is 39.3 Å². The minimum atomic E-state index is -0.175. The van der Waals surface area contributed by atoms with Crippen molar-refractivity contribution in [3.63, 3.8) is 0 Å². The lowest BCUT2D eigenvalue weighted by atomic mass is 9.98. The molecular weight excluding hydrogens is 230 g/mol. The zero-order valence-corrected chi connectivity index (χ0v) is 10.9. The van der Waals surface area contributed by atoms with Gasteiger partial charge in [0.05, 0.1) is 0 Å². The number of hydrogen-bond donors (Lipinski definition) is 1. The third-order valence-electron chi connectivity index (χ3n) is 3.50. The minimum absolute atomic E-state index is 0.164. The lowest BCUT2D eigenvalue weighted by molar-refractivity contribution is 0.321. The molecule has 2 heterocycles. The summed E-state index contributed by atoms with van der Waals surface area (Å²) in [6, 6.07) is 1.50. The number of nitrogens with zero attached hydrogens (tertiary/aromatic N) is 2. The monoisotopic (exact) mass is 251 g/mol. The van der Waals surface area contributed by atoms with Crippen LogP contribution < -0.4 is 16.6 Å². The van der Waals surface area contributed by atoms with E-state index in [0.717, 1.165) is 32.4 Å². The van der Waals surface area contributed by atoms with Crippen LogP contribution in [0.3, 0.4) is 0 Å². The fraction of sp³-hybridized carbons (Fsp3) is 0.692. The summed E-state index contributed by atoms with van der Waals surface area (Å²) in [6.45, 7) is 5.22. The quantitative estimate of drug-likeness (QED) is 0.844. The summed E-state index contributed by atoms with van der Waals surface area (Å²) in [5.74, 6) is 0.439. The molecule has 0 atom stereocenters. The first-order chi connectivity index (χ1) is 8.72. The molecule has 0 bridgehead atoms. The molecule has 0 spiro atoms. The van der Waals surface area contributed by atoms with E-state index in [1.807, 2.05) is 6.92 Å². The van der Waals surface area contributed by atoms with E-state index in [1.165, 1.54) is 10.6 Å². The Labute approximate surface area is 106 Å². The van der Waals surface area contributed by atoms with Gasteiger partial charge in [-0.2, -0.15) is 0 Å². The smallest absolute Gasteiger partial charge is 0.317 e. The fourth-order valence-electron chi connectivity index (χ4n) is 2.46. The van der Waals surface area contributed by atoms with E-state index in [0.29, 0.717) is 19.0 Å². The van der Waals surface area contributed by atoms with Gasteiger partial charge in [0, 0.05) is 25.4 Å². The van der Waals surface area contributed by atoms with Gasteiger partial charge in [-0.3, -0.25) is 9.36 Å². The second-order valence-corrected chi connectivity index (χ2v) is 4.93. The standard InChI is InChI=1S/C13H21N3O2/c1-2-8-15-9-5-12(17)16(13(15)18)10-11-3-6-14-7-4-11/h5,9,11,14H,2-4,6-8,10H2,1H3. The second kappa shape index (κ2) is 6.00. The van der Waals surface area contributed by atoms with Crippen LogP contribution in [0.2, 0.25) is 0 Å². The van der Waals surface area contributed by atoms with Crippen LogP contribution in [0.25, 0.3) is 0 Å². The van der Waals surface area contributed by atoms with Crippen LogP contribution in [0.1, 0.15) is 26.2 Å². The summed E-state index contributed by atoms with van der Waals surface area (Å²) in [6.07, 6.45) is 4.57. The predicted octanol–water partition coefficient (Wildman–Crippen LogP) is 0.420. The van der Waals surface area contributed by atoms with Crippen LogP contribution in [0, 0.1) is 5.92 Å². The van der Waals surface area contributed by atoms with Crippen molar-refractivity contribution in [1.82, 2.24) is 14.5 Å².